The molecule has 1 atom stereocenters. The van der Waals surface area contributed by atoms with Gasteiger partial charge in [0.05, 0.1) is 6.04 Å². The number of anilines is 1. The van der Waals surface area contributed by atoms with Crippen molar-refractivity contribution in [3.05, 3.63) is 41.6 Å². The Morgan fingerprint density at radius 1 is 1.29 bits per heavy atom. The highest BCUT2D eigenvalue weighted by Gasteiger charge is 2.15. The van der Waals surface area contributed by atoms with Crippen molar-refractivity contribution in [2.75, 3.05) is 12.4 Å². The lowest BCUT2D eigenvalue weighted by Crippen LogP contribution is -2.27. The van der Waals surface area contributed by atoms with Crippen molar-refractivity contribution < 1.29 is 4.79 Å². The summed E-state index contributed by atoms with van der Waals surface area (Å²) in [6.45, 7) is 5.99. The molecule has 3 N–H and O–H groups in total. The highest BCUT2D eigenvalue weighted by atomic mass is 16.1. The lowest BCUT2D eigenvalue weighted by molar-refractivity contribution is 0.0938. The van der Waals surface area contributed by atoms with Crippen LogP contribution in [0.4, 0.5) is 5.82 Å². The molecule has 21 heavy (non-hydrogen) atoms. The molecular weight excluding hydrogens is 266 g/mol. The fourth-order valence-electron chi connectivity index (χ4n) is 1.97. The molecular formula is C15H21N5O. The Kier molecular flexibility index (Phi) is 4.57. The molecule has 0 spiro atoms. The summed E-state index contributed by atoms with van der Waals surface area (Å²) < 4.78 is 0. The van der Waals surface area contributed by atoms with Crippen LogP contribution in [0.15, 0.2) is 24.5 Å². The third kappa shape index (κ3) is 3.59. The van der Waals surface area contributed by atoms with E-state index in [4.69, 9.17) is 0 Å². The van der Waals surface area contributed by atoms with Crippen molar-refractivity contribution in [2.24, 2.45) is 0 Å². The first-order chi connectivity index (χ1) is 10.0. The Labute approximate surface area is 124 Å². The molecule has 0 aliphatic carbocycles. The quantitative estimate of drug-likeness (QED) is 0.789. The SMILES string of the molecule is CNc1cc(C(=O)NC(C)c2ncc[nH]2)cc(C(C)C)n1. The van der Waals surface area contributed by atoms with Gasteiger partial charge in [-0.1, -0.05) is 13.8 Å². The van der Waals surface area contributed by atoms with E-state index >= 15 is 0 Å². The highest BCUT2D eigenvalue weighted by molar-refractivity contribution is 5.95. The van der Waals surface area contributed by atoms with Gasteiger partial charge in [0.15, 0.2) is 0 Å². The fraction of sp³-hybridized carbons (Fsp3) is 0.400. The number of H-pyrrole nitrogens is 1. The average Bonchev–Trinajstić information content (AvgIpc) is 3.00. The van der Waals surface area contributed by atoms with Crippen molar-refractivity contribution in [1.29, 1.82) is 0 Å². The Morgan fingerprint density at radius 2 is 2.05 bits per heavy atom. The monoisotopic (exact) mass is 287 g/mol. The number of pyridine rings is 1. The standard InChI is InChI=1S/C15H21N5O/c1-9(2)12-7-11(8-13(16-4)20-12)15(21)19-10(3)14-17-5-6-18-14/h5-10H,1-4H3,(H,16,20)(H,17,18)(H,19,21). The maximum Gasteiger partial charge on any atom is 0.252 e. The van der Waals surface area contributed by atoms with Gasteiger partial charge in [-0.25, -0.2) is 9.97 Å². The summed E-state index contributed by atoms with van der Waals surface area (Å²) in [6.07, 6.45) is 3.40. The zero-order chi connectivity index (χ0) is 15.4. The molecule has 0 radical (unpaired) electrons. The van der Waals surface area contributed by atoms with Crippen molar-refractivity contribution in [3.8, 4) is 0 Å². The third-order valence-corrected chi connectivity index (χ3v) is 3.23. The number of carbonyl (C=O) groups is 1. The van der Waals surface area contributed by atoms with Crippen LogP contribution < -0.4 is 10.6 Å². The molecule has 1 unspecified atom stereocenters. The molecule has 2 aromatic rings. The van der Waals surface area contributed by atoms with Crippen molar-refractivity contribution in [3.63, 3.8) is 0 Å². The van der Waals surface area contributed by atoms with E-state index in [9.17, 15) is 4.79 Å². The minimum absolute atomic E-state index is 0.139. The summed E-state index contributed by atoms with van der Waals surface area (Å²) >= 11 is 0. The van der Waals surface area contributed by atoms with Crippen LogP contribution in [0.2, 0.25) is 0 Å². The number of hydrogen-bond acceptors (Lipinski definition) is 4. The number of aromatic amines is 1. The first-order valence-corrected chi connectivity index (χ1v) is 7.01. The summed E-state index contributed by atoms with van der Waals surface area (Å²) in [4.78, 5) is 24.0. The largest absolute Gasteiger partial charge is 0.373 e. The van der Waals surface area contributed by atoms with Crippen LogP contribution in [0.5, 0.6) is 0 Å². The van der Waals surface area contributed by atoms with Crippen LogP contribution in [-0.2, 0) is 0 Å². The molecule has 2 aromatic heterocycles. The van der Waals surface area contributed by atoms with E-state index in [-0.39, 0.29) is 17.9 Å². The van der Waals surface area contributed by atoms with Crippen LogP contribution in [-0.4, -0.2) is 27.9 Å². The molecule has 0 aliphatic rings. The molecule has 2 heterocycles. The zero-order valence-electron chi connectivity index (χ0n) is 12.8. The predicted molar refractivity (Wildman–Crippen MR) is 82.3 cm³/mol. The summed E-state index contributed by atoms with van der Waals surface area (Å²) in [7, 11) is 1.79. The van der Waals surface area contributed by atoms with E-state index in [2.05, 4.69) is 39.4 Å². The average molecular weight is 287 g/mol. The molecule has 2 rings (SSSR count). The first kappa shape index (κ1) is 15.0. The predicted octanol–water partition coefficient (Wildman–Crippen LogP) is 2.46. The van der Waals surface area contributed by atoms with E-state index in [1.54, 1.807) is 25.5 Å². The molecule has 0 aliphatic heterocycles. The molecule has 6 heteroatoms. The number of carbonyl (C=O) groups excluding carboxylic acids is 1. The second-order valence-electron chi connectivity index (χ2n) is 5.24. The van der Waals surface area contributed by atoms with Gasteiger partial charge in [-0.05, 0) is 25.0 Å². The number of amides is 1. The molecule has 0 bridgehead atoms. The molecule has 0 fully saturated rings. The molecule has 112 valence electrons. The van der Waals surface area contributed by atoms with Crippen LogP contribution in [0, 0.1) is 0 Å². The normalized spacial score (nSPS) is 12.2. The fourth-order valence-corrected chi connectivity index (χ4v) is 1.97. The van der Waals surface area contributed by atoms with Gasteiger partial charge in [-0.15, -0.1) is 0 Å². The Bertz CT molecular complexity index is 607. The van der Waals surface area contributed by atoms with Gasteiger partial charge in [-0.2, -0.15) is 0 Å². The lowest BCUT2D eigenvalue weighted by Gasteiger charge is -2.14. The van der Waals surface area contributed by atoms with Gasteiger partial charge < -0.3 is 15.6 Å². The molecule has 0 aromatic carbocycles. The van der Waals surface area contributed by atoms with Crippen molar-refractivity contribution >= 4 is 11.7 Å². The molecule has 0 saturated heterocycles. The number of aromatic nitrogens is 3. The van der Waals surface area contributed by atoms with Crippen LogP contribution in [0.1, 0.15) is 54.6 Å². The molecule has 1 amide bonds. The number of imidazole rings is 1. The Morgan fingerprint density at radius 3 is 2.62 bits per heavy atom. The van der Waals surface area contributed by atoms with Crippen molar-refractivity contribution in [1.82, 2.24) is 20.3 Å². The maximum atomic E-state index is 12.4. The zero-order valence-corrected chi connectivity index (χ0v) is 12.8. The summed E-state index contributed by atoms with van der Waals surface area (Å²) in [6, 6.07) is 3.40. The van der Waals surface area contributed by atoms with Crippen LogP contribution in [0.25, 0.3) is 0 Å². The smallest absolute Gasteiger partial charge is 0.252 e. The van der Waals surface area contributed by atoms with Gasteiger partial charge in [0, 0.05) is 30.7 Å². The number of rotatable bonds is 5. The number of hydrogen-bond donors (Lipinski definition) is 3. The summed E-state index contributed by atoms with van der Waals surface area (Å²) in [5.41, 5.74) is 1.48. The summed E-state index contributed by atoms with van der Waals surface area (Å²) in [5.74, 6) is 1.54. The highest BCUT2D eigenvalue weighted by Crippen LogP contribution is 2.18. The lowest BCUT2D eigenvalue weighted by atomic mass is 10.1. The molecule has 0 saturated carbocycles. The minimum Gasteiger partial charge on any atom is -0.373 e. The van der Waals surface area contributed by atoms with Gasteiger partial charge in [0.25, 0.3) is 5.91 Å². The maximum absolute atomic E-state index is 12.4. The van der Waals surface area contributed by atoms with Crippen LogP contribution >= 0.6 is 0 Å². The van der Waals surface area contributed by atoms with Gasteiger partial charge in [-0.3, -0.25) is 4.79 Å². The van der Waals surface area contributed by atoms with Gasteiger partial charge in [0.1, 0.15) is 11.6 Å². The first-order valence-electron chi connectivity index (χ1n) is 7.01. The second-order valence-corrected chi connectivity index (χ2v) is 5.24. The van der Waals surface area contributed by atoms with E-state index in [1.165, 1.54) is 0 Å². The topological polar surface area (TPSA) is 82.7 Å². The second kappa shape index (κ2) is 6.39. The Balaban J connectivity index is 2.20. The van der Waals surface area contributed by atoms with Gasteiger partial charge >= 0.3 is 0 Å². The summed E-state index contributed by atoms with van der Waals surface area (Å²) in [5, 5.41) is 5.92. The number of nitrogens with one attached hydrogen (secondary N) is 3. The third-order valence-electron chi connectivity index (χ3n) is 3.23. The Hall–Kier alpha value is -2.37. The van der Waals surface area contributed by atoms with E-state index in [0.717, 1.165) is 11.5 Å². The van der Waals surface area contributed by atoms with E-state index in [0.29, 0.717) is 11.4 Å². The van der Waals surface area contributed by atoms with E-state index in [1.807, 2.05) is 13.0 Å². The number of nitrogens with zero attached hydrogens (tertiary/aromatic N) is 2. The van der Waals surface area contributed by atoms with E-state index < -0.39 is 0 Å². The van der Waals surface area contributed by atoms with Crippen molar-refractivity contribution in [2.45, 2.75) is 32.7 Å². The molecule has 6 nitrogen and oxygen atoms in total. The minimum atomic E-state index is -0.179. The van der Waals surface area contributed by atoms with Crippen LogP contribution in [0.3, 0.4) is 0 Å². The van der Waals surface area contributed by atoms with Gasteiger partial charge in [0.2, 0.25) is 0 Å².